The molecule has 1 heterocycles. The van der Waals surface area contributed by atoms with Gasteiger partial charge in [-0.25, -0.2) is 8.42 Å². The third-order valence-corrected chi connectivity index (χ3v) is 5.88. The number of ether oxygens (including phenoxy) is 2. The van der Waals surface area contributed by atoms with Crippen LogP contribution >= 0.6 is 15.9 Å². The second-order valence-corrected chi connectivity index (χ2v) is 7.78. The number of sulfonamides is 1. The topological polar surface area (TPSA) is 55.8 Å². The molecule has 1 aromatic carbocycles. The number of alkyl halides is 3. The molecule has 0 aromatic heterocycles. The number of rotatable bonds is 5. The Balaban J connectivity index is 2.43. The Morgan fingerprint density at radius 1 is 1.39 bits per heavy atom. The molecule has 0 aliphatic carbocycles. The molecule has 0 saturated carbocycles. The Kier molecular flexibility index (Phi) is 5.59. The van der Waals surface area contributed by atoms with E-state index in [1.54, 1.807) is 0 Å². The van der Waals surface area contributed by atoms with Crippen molar-refractivity contribution >= 4 is 26.0 Å². The summed E-state index contributed by atoms with van der Waals surface area (Å²) in [6, 6.07) is 3.05. The zero-order valence-electron chi connectivity index (χ0n) is 12.1. The first-order valence-corrected chi connectivity index (χ1v) is 8.94. The van der Waals surface area contributed by atoms with Gasteiger partial charge in [-0.2, -0.15) is 4.31 Å². The molecule has 0 bridgehead atoms. The van der Waals surface area contributed by atoms with Gasteiger partial charge in [-0.3, -0.25) is 0 Å². The van der Waals surface area contributed by atoms with E-state index in [4.69, 9.17) is 4.74 Å². The molecule has 1 aromatic rings. The monoisotopic (exact) mass is 417 g/mol. The first kappa shape index (κ1) is 18.5. The van der Waals surface area contributed by atoms with Crippen LogP contribution in [0.3, 0.4) is 0 Å². The SMILES string of the molecule is COCC1CCCN1S(=O)(=O)c1ccc(Br)cc1OC(F)(F)F. The average Bonchev–Trinajstić information content (AvgIpc) is 2.86. The number of benzene rings is 1. The van der Waals surface area contributed by atoms with Crippen LogP contribution in [0, 0.1) is 0 Å². The fourth-order valence-electron chi connectivity index (χ4n) is 2.51. The maximum atomic E-state index is 12.7. The molecule has 130 valence electrons. The number of halogens is 4. The van der Waals surface area contributed by atoms with Crippen molar-refractivity contribution in [1.82, 2.24) is 4.31 Å². The molecule has 1 unspecified atom stereocenters. The van der Waals surface area contributed by atoms with Crippen molar-refractivity contribution in [3.8, 4) is 5.75 Å². The predicted molar refractivity (Wildman–Crippen MR) is 79.6 cm³/mol. The van der Waals surface area contributed by atoms with Crippen molar-refractivity contribution < 1.29 is 31.1 Å². The average molecular weight is 418 g/mol. The van der Waals surface area contributed by atoms with Crippen molar-refractivity contribution in [1.29, 1.82) is 0 Å². The van der Waals surface area contributed by atoms with Gasteiger partial charge in [0.2, 0.25) is 10.0 Å². The minimum atomic E-state index is -4.98. The van der Waals surface area contributed by atoms with Gasteiger partial charge in [0.05, 0.1) is 6.61 Å². The molecule has 1 saturated heterocycles. The molecule has 0 N–H and O–H groups in total. The number of methoxy groups -OCH3 is 1. The Hall–Kier alpha value is -0.840. The molecule has 1 atom stereocenters. The van der Waals surface area contributed by atoms with Crippen molar-refractivity contribution in [2.75, 3.05) is 20.3 Å². The molecule has 23 heavy (non-hydrogen) atoms. The smallest absolute Gasteiger partial charge is 0.404 e. The summed E-state index contributed by atoms with van der Waals surface area (Å²) in [4.78, 5) is -0.513. The van der Waals surface area contributed by atoms with Gasteiger partial charge in [0.1, 0.15) is 4.90 Å². The molecule has 0 spiro atoms. The van der Waals surface area contributed by atoms with E-state index in [0.29, 0.717) is 12.8 Å². The Bertz CT molecular complexity index is 666. The molecule has 10 heteroatoms. The number of hydrogen-bond donors (Lipinski definition) is 0. The lowest BCUT2D eigenvalue weighted by Gasteiger charge is -2.24. The molecule has 1 aliphatic heterocycles. The zero-order chi connectivity index (χ0) is 17.3. The highest BCUT2D eigenvalue weighted by molar-refractivity contribution is 9.10. The van der Waals surface area contributed by atoms with E-state index in [-0.39, 0.29) is 17.6 Å². The summed E-state index contributed by atoms with van der Waals surface area (Å²) < 4.78 is 73.5. The third kappa shape index (κ3) is 4.37. The summed E-state index contributed by atoms with van der Waals surface area (Å²) in [7, 11) is -2.68. The third-order valence-electron chi connectivity index (χ3n) is 3.40. The molecule has 2 rings (SSSR count). The molecular formula is C13H15BrF3NO4S. The van der Waals surface area contributed by atoms with Crippen molar-refractivity contribution in [3.05, 3.63) is 22.7 Å². The first-order chi connectivity index (χ1) is 10.6. The van der Waals surface area contributed by atoms with Crippen LogP contribution in [0.2, 0.25) is 0 Å². The normalized spacial score (nSPS) is 20.0. The van der Waals surface area contributed by atoms with E-state index in [0.717, 1.165) is 12.1 Å². The van der Waals surface area contributed by atoms with Crippen LogP contribution in [0.25, 0.3) is 0 Å². The van der Waals surface area contributed by atoms with Crippen LogP contribution in [-0.4, -0.2) is 45.4 Å². The zero-order valence-corrected chi connectivity index (χ0v) is 14.5. The van der Waals surface area contributed by atoms with Crippen LogP contribution in [-0.2, 0) is 14.8 Å². The largest absolute Gasteiger partial charge is 0.573 e. The van der Waals surface area contributed by atoms with E-state index in [1.165, 1.54) is 17.5 Å². The minimum Gasteiger partial charge on any atom is -0.404 e. The minimum absolute atomic E-state index is 0.186. The Morgan fingerprint density at radius 2 is 2.09 bits per heavy atom. The van der Waals surface area contributed by atoms with E-state index in [1.807, 2.05) is 0 Å². The van der Waals surface area contributed by atoms with Gasteiger partial charge in [-0.05, 0) is 31.0 Å². The van der Waals surface area contributed by atoms with Crippen LogP contribution in [0.15, 0.2) is 27.6 Å². The maximum Gasteiger partial charge on any atom is 0.573 e. The van der Waals surface area contributed by atoms with E-state index in [2.05, 4.69) is 20.7 Å². The van der Waals surface area contributed by atoms with Crippen molar-refractivity contribution in [3.63, 3.8) is 0 Å². The Morgan fingerprint density at radius 3 is 2.70 bits per heavy atom. The fraction of sp³-hybridized carbons (Fsp3) is 0.538. The molecule has 0 radical (unpaired) electrons. The van der Waals surface area contributed by atoms with E-state index < -0.39 is 33.1 Å². The Labute approximate surface area is 140 Å². The second-order valence-electron chi connectivity index (χ2n) is 5.01. The van der Waals surface area contributed by atoms with Crippen molar-refractivity contribution in [2.45, 2.75) is 30.1 Å². The molecule has 5 nitrogen and oxygen atoms in total. The fourth-order valence-corrected chi connectivity index (χ4v) is 4.63. The van der Waals surface area contributed by atoms with E-state index >= 15 is 0 Å². The van der Waals surface area contributed by atoms with Gasteiger partial charge in [0.25, 0.3) is 0 Å². The summed E-state index contributed by atoms with van der Waals surface area (Å²) in [5, 5.41) is 0. The van der Waals surface area contributed by atoms with Gasteiger partial charge in [-0.15, -0.1) is 13.2 Å². The van der Waals surface area contributed by atoms with Crippen LogP contribution in [0.5, 0.6) is 5.75 Å². The highest BCUT2D eigenvalue weighted by Gasteiger charge is 2.39. The standard InChI is InChI=1S/C13H15BrF3NO4S/c1-21-8-10-3-2-6-18(10)23(19,20)12-5-4-9(14)7-11(12)22-13(15,16)17/h4-5,7,10H,2-3,6,8H2,1H3. The molecule has 1 fully saturated rings. The lowest BCUT2D eigenvalue weighted by atomic mass is 10.2. The van der Waals surface area contributed by atoms with Gasteiger partial charge in [0.15, 0.2) is 5.75 Å². The summed E-state index contributed by atoms with van der Waals surface area (Å²) in [6.45, 7) is 0.420. The van der Waals surface area contributed by atoms with Gasteiger partial charge < -0.3 is 9.47 Å². The lowest BCUT2D eigenvalue weighted by Crippen LogP contribution is -2.38. The summed E-state index contributed by atoms with van der Waals surface area (Å²) >= 11 is 3.02. The first-order valence-electron chi connectivity index (χ1n) is 6.71. The second kappa shape index (κ2) is 6.96. The lowest BCUT2D eigenvalue weighted by molar-refractivity contribution is -0.275. The van der Waals surface area contributed by atoms with E-state index in [9.17, 15) is 21.6 Å². The quantitative estimate of drug-likeness (QED) is 0.738. The van der Waals surface area contributed by atoms with Crippen molar-refractivity contribution in [2.24, 2.45) is 0 Å². The van der Waals surface area contributed by atoms with Gasteiger partial charge in [0, 0.05) is 24.2 Å². The van der Waals surface area contributed by atoms with Gasteiger partial charge >= 0.3 is 6.36 Å². The summed E-state index contributed by atoms with van der Waals surface area (Å²) in [5.41, 5.74) is 0. The number of nitrogens with zero attached hydrogens (tertiary/aromatic N) is 1. The van der Waals surface area contributed by atoms with Crippen LogP contribution < -0.4 is 4.74 Å². The highest BCUT2D eigenvalue weighted by Crippen LogP contribution is 2.36. The maximum absolute atomic E-state index is 12.7. The summed E-state index contributed by atoms with van der Waals surface area (Å²) in [5.74, 6) is -0.755. The highest BCUT2D eigenvalue weighted by atomic mass is 79.9. The van der Waals surface area contributed by atoms with Gasteiger partial charge in [-0.1, -0.05) is 15.9 Å². The molecule has 1 aliphatic rings. The number of hydrogen-bond acceptors (Lipinski definition) is 4. The molecular weight excluding hydrogens is 403 g/mol. The van der Waals surface area contributed by atoms with Crippen LogP contribution in [0.1, 0.15) is 12.8 Å². The predicted octanol–water partition coefficient (Wildman–Crippen LogP) is 3.15. The summed E-state index contributed by atoms with van der Waals surface area (Å²) in [6.07, 6.45) is -3.76. The molecule has 0 amide bonds. The van der Waals surface area contributed by atoms with Crippen LogP contribution in [0.4, 0.5) is 13.2 Å².